The van der Waals surface area contributed by atoms with Gasteiger partial charge in [0.2, 0.25) is 5.91 Å². The van der Waals surface area contributed by atoms with Crippen molar-refractivity contribution in [2.75, 3.05) is 0 Å². The first-order valence-corrected chi connectivity index (χ1v) is 7.53. The number of carboxylic acid groups (broad SMARTS) is 1. The molecule has 0 aliphatic heterocycles. The van der Waals surface area contributed by atoms with Crippen molar-refractivity contribution in [2.24, 2.45) is 0 Å². The summed E-state index contributed by atoms with van der Waals surface area (Å²) in [4.78, 5) is 23.5. The number of carboxylic acids is 1. The Kier molecular flexibility index (Phi) is 4.88. The zero-order valence-corrected chi connectivity index (χ0v) is 12.8. The number of carbonyl (C=O) groups is 2. The highest BCUT2D eigenvalue weighted by molar-refractivity contribution is 6.30. The van der Waals surface area contributed by atoms with Crippen LogP contribution in [0.3, 0.4) is 0 Å². The van der Waals surface area contributed by atoms with Crippen LogP contribution >= 0.6 is 11.6 Å². The van der Waals surface area contributed by atoms with Crippen LogP contribution in [0, 0.1) is 0 Å². The number of nitrogens with zero attached hydrogens (tertiary/aromatic N) is 2. The predicted molar refractivity (Wildman–Crippen MR) is 78.2 cm³/mol. The second-order valence-corrected chi connectivity index (χ2v) is 6.15. The summed E-state index contributed by atoms with van der Waals surface area (Å²) in [6.07, 6.45) is 7.39. The second-order valence-electron chi connectivity index (χ2n) is 5.72. The lowest BCUT2D eigenvalue weighted by Gasteiger charge is -2.37. The summed E-state index contributed by atoms with van der Waals surface area (Å²) in [6.45, 7) is 1.72. The summed E-state index contributed by atoms with van der Waals surface area (Å²) in [6, 6.07) is -0.523. The van der Waals surface area contributed by atoms with Gasteiger partial charge in [-0.15, -0.1) is 0 Å². The van der Waals surface area contributed by atoms with Crippen molar-refractivity contribution in [3.05, 3.63) is 17.4 Å². The van der Waals surface area contributed by atoms with Gasteiger partial charge in [-0.25, -0.2) is 0 Å². The molecule has 21 heavy (non-hydrogen) atoms. The largest absolute Gasteiger partial charge is 0.481 e. The van der Waals surface area contributed by atoms with Crippen LogP contribution in [-0.2, 0) is 9.59 Å². The van der Waals surface area contributed by atoms with Crippen molar-refractivity contribution in [3.63, 3.8) is 0 Å². The van der Waals surface area contributed by atoms with Crippen molar-refractivity contribution < 1.29 is 14.7 Å². The molecule has 2 rings (SSSR count). The molecular weight excluding hydrogens is 294 g/mol. The van der Waals surface area contributed by atoms with Crippen LogP contribution in [0.1, 0.15) is 51.5 Å². The van der Waals surface area contributed by atoms with Crippen molar-refractivity contribution in [1.29, 1.82) is 0 Å². The third-order valence-corrected chi connectivity index (χ3v) is 4.23. The van der Waals surface area contributed by atoms with Crippen LogP contribution in [0.15, 0.2) is 12.4 Å². The van der Waals surface area contributed by atoms with E-state index in [-0.39, 0.29) is 12.3 Å². The molecule has 1 aromatic rings. The summed E-state index contributed by atoms with van der Waals surface area (Å²) in [7, 11) is 0. The van der Waals surface area contributed by atoms with E-state index < -0.39 is 17.6 Å². The minimum Gasteiger partial charge on any atom is -0.481 e. The zero-order chi connectivity index (χ0) is 15.5. The van der Waals surface area contributed by atoms with Crippen LogP contribution in [0.2, 0.25) is 5.02 Å². The summed E-state index contributed by atoms with van der Waals surface area (Å²) >= 11 is 5.80. The van der Waals surface area contributed by atoms with Crippen molar-refractivity contribution >= 4 is 23.5 Å². The number of aliphatic carboxylic acids is 1. The normalized spacial score (nSPS) is 19.0. The molecule has 116 valence electrons. The molecule has 1 heterocycles. The van der Waals surface area contributed by atoms with Crippen LogP contribution in [0.5, 0.6) is 0 Å². The van der Waals surface area contributed by atoms with Crippen molar-refractivity contribution in [1.82, 2.24) is 15.1 Å². The smallest absolute Gasteiger partial charge is 0.305 e. The van der Waals surface area contributed by atoms with Gasteiger partial charge in [-0.3, -0.25) is 14.3 Å². The van der Waals surface area contributed by atoms with Gasteiger partial charge in [0.25, 0.3) is 0 Å². The van der Waals surface area contributed by atoms with Crippen LogP contribution in [-0.4, -0.2) is 32.3 Å². The van der Waals surface area contributed by atoms with Gasteiger partial charge in [0.15, 0.2) is 0 Å². The Balaban J connectivity index is 2.08. The molecule has 1 aliphatic carbocycles. The van der Waals surface area contributed by atoms with Gasteiger partial charge in [0, 0.05) is 6.20 Å². The highest BCUT2D eigenvalue weighted by Crippen LogP contribution is 2.31. The number of aromatic nitrogens is 2. The molecule has 0 bridgehead atoms. The Morgan fingerprint density at radius 3 is 2.67 bits per heavy atom. The van der Waals surface area contributed by atoms with E-state index in [1.807, 2.05) is 0 Å². The predicted octanol–water partition coefficient (Wildman–Crippen LogP) is 2.39. The van der Waals surface area contributed by atoms with Gasteiger partial charge in [-0.2, -0.15) is 5.10 Å². The molecule has 0 saturated heterocycles. The van der Waals surface area contributed by atoms with E-state index in [2.05, 4.69) is 10.4 Å². The SMILES string of the molecule is C[C@@H](C(=O)NC1(CC(=O)O)CCCCC1)n1cc(Cl)cn1. The molecule has 0 unspecified atom stereocenters. The second kappa shape index (κ2) is 6.47. The highest BCUT2D eigenvalue weighted by Gasteiger charge is 2.37. The standard InChI is InChI=1S/C14H20ClN3O3/c1-10(18-9-11(15)8-16-18)13(21)17-14(7-12(19)20)5-3-2-4-6-14/h8-10H,2-7H2,1H3,(H,17,21)(H,19,20)/t10-/m0/s1. The minimum absolute atomic E-state index is 0.0364. The third-order valence-electron chi connectivity index (χ3n) is 4.03. The first kappa shape index (κ1) is 15.8. The van der Waals surface area contributed by atoms with Gasteiger partial charge in [-0.05, 0) is 19.8 Å². The molecule has 6 nitrogen and oxygen atoms in total. The van der Waals surface area contributed by atoms with Crippen LogP contribution in [0.4, 0.5) is 0 Å². The Bertz CT molecular complexity index is 523. The monoisotopic (exact) mass is 313 g/mol. The molecule has 0 aromatic carbocycles. The number of halogens is 1. The number of carbonyl (C=O) groups excluding carboxylic acids is 1. The lowest BCUT2D eigenvalue weighted by Crippen LogP contribution is -2.52. The van der Waals surface area contributed by atoms with Crippen molar-refractivity contribution in [3.8, 4) is 0 Å². The Labute approximate surface area is 128 Å². The molecule has 1 aromatic heterocycles. The fourth-order valence-electron chi connectivity index (χ4n) is 2.88. The van der Waals surface area contributed by atoms with Gasteiger partial charge >= 0.3 is 5.97 Å². The molecule has 1 atom stereocenters. The van der Waals surface area contributed by atoms with E-state index in [9.17, 15) is 9.59 Å². The minimum atomic E-state index is -0.882. The van der Waals surface area contributed by atoms with Crippen molar-refractivity contribution in [2.45, 2.75) is 57.0 Å². The van der Waals surface area contributed by atoms with Gasteiger partial charge in [-0.1, -0.05) is 30.9 Å². The number of nitrogens with one attached hydrogen (secondary N) is 1. The number of hydrogen-bond donors (Lipinski definition) is 2. The molecule has 2 N–H and O–H groups in total. The van der Waals surface area contributed by atoms with E-state index >= 15 is 0 Å². The van der Waals surface area contributed by atoms with E-state index in [0.717, 1.165) is 19.3 Å². The van der Waals surface area contributed by atoms with Gasteiger partial charge in [0.05, 0.1) is 23.2 Å². The summed E-state index contributed by atoms with van der Waals surface area (Å²) in [5, 5.41) is 16.6. The molecule has 7 heteroatoms. The third kappa shape index (κ3) is 3.97. The Hall–Kier alpha value is -1.56. The number of amides is 1. The highest BCUT2D eigenvalue weighted by atomic mass is 35.5. The first-order valence-electron chi connectivity index (χ1n) is 7.15. The lowest BCUT2D eigenvalue weighted by molar-refractivity contribution is -0.139. The van der Waals surface area contributed by atoms with E-state index in [4.69, 9.17) is 16.7 Å². The van der Waals surface area contributed by atoms with Gasteiger partial charge < -0.3 is 10.4 Å². The van der Waals surface area contributed by atoms with E-state index in [0.29, 0.717) is 17.9 Å². The fraction of sp³-hybridized carbons (Fsp3) is 0.643. The van der Waals surface area contributed by atoms with E-state index in [1.54, 1.807) is 13.1 Å². The summed E-state index contributed by atoms with van der Waals surface area (Å²) in [5.41, 5.74) is -0.633. The lowest BCUT2D eigenvalue weighted by atomic mass is 9.79. The van der Waals surface area contributed by atoms with E-state index in [1.165, 1.54) is 10.9 Å². The molecule has 1 fully saturated rings. The molecule has 0 spiro atoms. The Morgan fingerprint density at radius 2 is 2.14 bits per heavy atom. The summed E-state index contributed by atoms with van der Waals surface area (Å²) < 4.78 is 1.48. The maximum absolute atomic E-state index is 12.4. The average Bonchev–Trinajstić information content (AvgIpc) is 2.84. The molecular formula is C14H20ClN3O3. The Morgan fingerprint density at radius 1 is 1.48 bits per heavy atom. The summed E-state index contributed by atoms with van der Waals surface area (Å²) in [5.74, 6) is -1.11. The number of rotatable bonds is 5. The average molecular weight is 314 g/mol. The maximum atomic E-state index is 12.4. The number of hydrogen-bond acceptors (Lipinski definition) is 3. The quantitative estimate of drug-likeness (QED) is 0.874. The first-order chi connectivity index (χ1) is 9.92. The topological polar surface area (TPSA) is 84.2 Å². The molecule has 1 saturated carbocycles. The molecule has 1 aliphatic rings. The maximum Gasteiger partial charge on any atom is 0.305 e. The molecule has 0 radical (unpaired) electrons. The fourth-order valence-corrected chi connectivity index (χ4v) is 3.02. The molecule has 1 amide bonds. The van der Waals surface area contributed by atoms with Crippen LogP contribution in [0.25, 0.3) is 0 Å². The van der Waals surface area contributed by atoms with Crippen LogP contribution < -0.4 is 5.32 Å². The van der Waals surface area contributed by atoms with Gasteiger partial charge in [0.1, 0.15) is 6.04 Å². The zero-order valence-electron chi connectivity index (χ0n) is 12.0.